The Labute approximate surface area is 167 Å². The molecule has 5 heteroatoms. The fourth-order valence-electron chi connectivity index (χ4n) is 2.65. The van der Waals surface area contributed by atoms with E-state index in [1.54, 1.807) is 0 Å². The van der Waals surface area contributed by atoms with Gasteiger partial charge in [0.1, 0.15) is 23.6 Å². The average Bonchev–Trinajstić information content (AvgIpc) is 2.62. The van der Waals surface area contributed by atoms with E-state index in [1.165, 1.54) is 0 Å². The van der Waals surface area contributed by atoms with Crippen LogP contribution in [0, 0.1) is 0 Å². The van der Waals surface area contributed by atoms with Crippen LogP contribution in [0.15, 0.2) is 65.1 Å². The van der Waals surface area contributed by atoms with E-state index in [0.717, 1.165) is 20.8 Å². The van der Waals surface area contributed by atoms with Crippen molar-refractivity contribution in [2.75, 3.05) is 5.32 Å². The van der Waals surface area contributed by atoms with Crippen LogP contribution in [0.25, 0.3) is 10.8 Å². The van der Waals surface area contributed by atoms with Gasteiger partial charge >= 0.3 is 6.09 Å². The lowest BCUT2D eigenvalue weighted by molar-refractivity contribution is 0.0635. The van der Waals surface area contributed by atoms with Crippen molar-refractivity contribution in [3.63, 3.8) is 0 Å². The van der Waals surface area contributed by atoms with Crippen LogP contribution in [0.2, 0.25) is 0 Å². The van der Waals surface area contributed by atoms with Gasteiger partial charge in [0.25, 0.3) is 0 Å². The summed E-state index contributed by atoms with van der Waals surface area (Å²) in [4.78, 5) is 12.3. The molecule has 0 spiro atoms. The summed E-state index contributed by atoms with van der Waals surface area (Å²) in [6, 6.07) is 19.7. The van der Waals surface area contributed by atoms with E-state index >= 15 is 0 Å². The van der Waals surface area contributed by atoms with E-state index in [4.69, 9.17) is 9.47 Å². The van der Waals surface area contributed by atoms with Gasteiger partial charge in [-0.3, -0.25) is 5.32 Å². The number of carbonyl (C=O) groups is 1. The zero-order valence-electron chi connectivity index (χ0n) is 15.6. The monoisotopic (exact) mass is 427 g/mol. The van der Waals surface area contributed by atoms with Crippen LogP contribution in [0.4, 0.5) is 10.5 Å². The first-order chi connectivity index (χ1) is 12.8. The molecule has 0 saturated heterocycles. The number of carbonyl (C=O) groups excluding carboxylic acids is 1. The summed E-state index contributed by atoms with van der Waals surface area (Å²) in [7, 11) is 0. The Balaban J connectivity index is 1.95. The molecule has 0 bridgehead atoms. The molecule has 1 amide bonds. The topological polar surface area (TPSA) is 47.6 Å². The van der Waals surface area contributed by atoms with Gasteiger partial charge in [-0.25, -0.2) is 4.79 Å². The third-order valence-corrected chi connectivity index (χ3v) is 4.64. The molecule has 27 heavy (non-hydrogen) atoms. The largest absolute Gasteiger partial charge is 0.487 e. The maximum absolute atomic E-state index is 12.3. The zero-order chi connectivity index (χ0) is 19.4. The number of halogens is 1. The quantitative estimate of drug-likeness (QED) is 0.514. The molecule has 0 aliphatic heterocycles. The molecule has 3 aromatic carbocycles. The normalized spacial score (nSPS) is 11.3. The van der Waals surface area contributed by atoms with E-state index in [-0.39, 0.29) is 0 Å². The molecule has 140 valence electrons. The van der Waals surface area contributed by atoms with E-state index in [9.17, 15) is 4.79 Å². The van der Waals surface area contributed by atoms with E-state index in [0.29, 0.717) is 18.0 Å². The second-order valence-corrected chi connectivity index (χ2v) is 7.98. The van der Waals surface area contributed by atoms with Crippen LogP contribution >= 0.6 is 15.9 Å². The number of hydrogen-bond donors (Lipinski definition) is 1. The van der Waals surface area contributed by atoms with Crippen LogP contribution in [0.3, 0.4) is 0 Å². The standard InChI is InChI=1S/C22H22BrNO3/c1-22(2,3)27-21(25)24-20-18(26-14-15-9-5-4-6-10-15)13-16-11-7-8-12-17(16)19(20)23/h4-13H,14H2,1-3H3,(H,24,25). The summed E-state index contributed by atoms with van der Waals surface area (Å²) >= 11 is 3.62. The summed E-state index contributed by atoms with van der Waals surface area (Å²) in [5.74, 6) is 0.579. The summed E-state index contributed by atoms with van der Waals surface area (Å²) in [6.07, 6.45) is -0.525. The van der Waals surface area contributed by atoms with Crippen molar-refractivity contribution in [2.45, 2.75) is 33.0 Å². The van der Waals surface area contributed by atoms with Crippen molar-refractivity contribution in [3.05, 3.63) is 70.7 Å². The Bertz CT molecular complexity index is 949. The molecule has 0 radical (unpaired) electrons. The molecule has 0 unspecified atom stereocenters. The third-order valence-electron chi connectivity index (χ3n) is 3.81. The Morgan fingerprint density at radius 2 is 1.70 bits per heavy atom. The summed E-state index contributed by atoms with van der Waals surface area (Å²) in [6.45, 7) is 5.88. The Morgan fingerprint density at radius 3 is 2.41 bits per heavy atom. The van der Waals surface area contributed by atoms with Gasteiger partial charge in [-0.15, -0.1) is 0 Å². The molecular formula is C22H22BrNO3. The van der Waals surface area contributed by atoms with Gasteiger partial charge in [0, 0.05) is 0 Å². The van der Waals surface area contributed by atoms with Gasteiger partial charge in [0.15, 0.2) is 0 Å². The molecule has 4 nitrogen and oxygen atoms in total. The van der Waals surface area contributed by atoms with Crippen molar-refractivity contribution in [1.82, 2.24) is 0 Å². The maximum Gasteiger partial charge on any atom is 0.412 e. The molecule has 0 aliphatic rings. The van der Waals surface area contributed by atoms with Crippen molar-refractivity contribution >= 4 is 38.5 Å². The highest BCUT2D eigenvalue weighted by molar-refractivity contribution is 9.10. The second kappa shape index (κ2) is 8.01. The van der Waals surface area contributed by atoms with Gasteiger partial charge in [-0.2, -0.15) is 0 Å². The highest BCUT2D eigenvalue weighted by Crippen LogP contribution is 2.40. The molecule has 0 saturated carbocycles. The van der Waals surface area contributed by atoms with Crippen LogP contribution in [-0.2, 0) is 11.3 Å². The van der Waals surface area contributed by atoms with Gasteiger partial charge < -0.3 is 9.47 Å². The number of anilines is 1. The van der Waals surface area contributed by atoms with Crippen LogP contribution in [0.5, 0.6) is 5.75 Å². The van der Waals surface area contributed by atoms with E-state index in [1.807, 2.05) is 81.4 Å². The second-order valence-electron chi connectivity index (χ2n) is 7.19. The van der Waals surface area contributed by atoms with Crippen molar-refractivity contribution < 1.29 is 14.3 Å². The molecule has 1 N–H and O–H groups in total. The SMILES string of the molecule is CC(C)(C)OC(=O)Nc1c(OCc2ccccc2)cc2ccccc2c1Br. The van der Waals surface area contributed by atoms with Crippen molar-refractivity contribution in [1.29, 1.82) is 0 Å². The predicted octanol–water partition coefficient (Wildman–Crippen LogP) is 6.53. The minimum atomic E-state index is -0.585. The van der Waals surface area contributed by atoms with Crippen LogP contribution in [0.1, 0.15) is 26.3 Å². The molecule has 0 aliphatic carbocycles. The third kappa shape index (κ3) is 5.01. The summed E-state index contributed by atoms with van der Waals surface area (Å²) in [5, 5.41) is 4.83. The molecule has 0 aromatic heterocycles. The molecule has 0 fully saturated rings. The highest BCUT2D eigenvalue weighted by Gasteiger charge is 2.20. The van der Waals surface area contributed by atoms with Gasteiger partial charge in [0.05, 0.1) is 4.47 Å². The van der Waals surface area contributed by atoms with Gasteiger partial charge in [-0.05, 0) is 59.1 Å². The molecule has 3 rings (SSSR count). The highest BCUT2D eigenvalue weighted by atomic mass is 79.9. The minimum Gasteiger partial charge on any atom is -0.487 e. The zero-order valence-corrected chi connectivity index (χ0v) is 17.2. The molecular weight excluding hydrogens is 406 g/mol. The van der Waals surface area contributed by atoms with Gasteiger partial charge in [0.2, 0.25) is 0 Å². The average molecular weight is 428 g/mol. The number of hydrogen-bond acceptors (Lipinski definition) is 3. The predicted molar refractivity (Wildman–Crippen MR) is 112 cm³/mol. The lowest BCUT2D eigenvalue weighted by Gasteiger charge is -2.21. The fourth-order valence-corrected chi connectivity index (χ4v) is 3.31. The fraction of sp³-hybridized carbons (Fsp3) is 0.227. The molecule has 0 atom stereocenters. The first-order valence-electron chi connectivity index (χ1n) is 8.71. The van der Waals surface area contributed by atoms with E-state index < -0.39 is 11.7 Å². The Hall–Kier alpha value is -2.53. The smallest absolute Gasteiger partial charge is 0.412 e. The first kappa shape index (κ1) is 19.2. The maximum atomic E-state index is 12.3. The lowest BCUT2D eigenvalue weighted by atomic mass is 10.1. The van der Waals surface area contributed by atoms with Gasteiger partial charge in [-0.1, -0.05) is 54.6 Å². The Kier molecular flexibility index (Phi) is 5.71. The lowest BCUT2D eigenvalue weighted by Crippen LogP contribution is -2.27. The van der Waals surface area contributed by atoms with Crippen molar-refractivity contribution in [3.8, 4) is 5.75 Å². The van der Waals surface area contributed by atoms with Crippen molar-refractivity contribution in [2.24, 2.45) is 0 Å². The summed E-state index contributed by atoms with van der Waals surface area (Å²) in [5.41, 5.74) is 1.02. The number of amides is 1. The van der Waals surface area contributed by atoms with E-state index in [2.05, 4.69) is 21.2 Å². The minimum absolute atomic E-state index is 0.397. The number of fused-ring (bicyclic) bond motifs is 1. The number of rotatable bonds is 4. The van der Waals surface area contributed by atoms with Crippen LogP contribution in [-0.4, -0.2) is 11.7 Å². The number of benzene rings is 3. The molecule has 0 heterocycles. The van der Waals surface area contributed by atoms with Crippen LogP contribution < -0.4 is 10.1 Å². The number of ether oxygens (including phenoxy) is 2. The summed E-state index contributed by atoms with van der Waals surface area (Å²) < 4.78 is 12.2. The molecule has 3 aromatic rings. The Morgan fingerprint density at radius 1 is 1.04 bits per heavy atom. The first-order valence-corrected chi connectivity index (χ1v) is 9.51. The number of nitrogens with one attached hydrogen (secondary N) is 1.